The summed E-state index contributed by atoms with van der Waals surface area (Å²) in [6, 6.07) is 7.11. The monoisotopic (exact) mass is 374 g/mol. The average Bonchev–Trinajstić information content (AvgIpc) is 2.96. The van der Waals surface area contributed by atoms with Gasteiger partial charge in [0, 0.05) is 6.04 Å². The number of carboxylic acid groups (broad SMARTS) is 1. The van der Waals surface area contributed by atoms with E-state index in [-0.39, 0.29) is 24.9 Å². The summed E-state index contributed by atoms with van der Waals surface area (Å²) in [6.07, 6.45) is 0.856. The Bertz CT molecular complexity index is 763. The molecular weight excluding hydrogens is 348 g/mol. The summed E-state index contributed by atoms with van der Waals surface area (Å²) in [7, 11) is 0. The normalized spacial score (nSPS) is 11.9. The van der Waals surface area contributed by atoms with E-state index >= 15 is 0 Å². The number of hydrogen-bond donors (Lipinski definition) is 1. The van der Waals surface area contributed by atoms with Gasteiger partial charge in [-0.3, -0.25) is 9.59 Å². The largest absolute Gasteiger partial charge is 0.489 e. The number of aryl methyl sites for hydroxylation is 2. The summed E-state index contributed by atoms with van der Waals surface area (Å²) in [5.74, 6) is 0.205. The highest BCUT2D eigenvalue weighted by molar-refractivity contribution is 5.83. The molecule has 0 spiro atoms. The van der Waals surface area contributed by atoms with Crippen molar-refractivity contribution in [2.24, 2.45) is 0 Å². The third-order valence-corrected chi connectivity index (χ3v) is 4.59. The number of amides is 1. The molecule has 0 fully saturated rings. The zero-order valence-corrected chi connectivity index (χ0v) is 16.2. The molecule has 7 heteroatoms. The van der Waals surface area contributed by atoms with Crippen molar-refractivity contribution in [3.8, 4) is 5.75 Å². The van der Waals surface area contributed by atoms with Crippen molar-refractivity contribution in [1.29, 1.82) is 0 Å². The average molecular weight is 374 g/mol. The number of carbonyl (C=O) groups is 2. The highest BCUT2D eigenvalue weighted by Gasteiger charge is 2.21. The Morgan fingerprint density at radius 2 is 1.93 bits per heavy atom. The summed E-state index contributed by atoms with van der Waals surface area (Å²) >= 11 is 0. The highest BCUT2D eigenvalue weighted by atomic mass is 16.5. The van der Waals surface area contributed by atoms with Crippen molar-refractivity contribution in [2.75, 3.05) is 6.54 Å². The molecule has 0 saturated heterocycles. The van der Waals surface area contributed by atoms with Crippen molar-refractivity contribution in [3.05, 3.63) is 46.8 Å². The lowest BCUT2D eigenvalue weighted by Gasteiger charge is -2.27. The lowest BCUT2D eigenvalue weighted by Crippen LogP contribution is -2.42. The highest BCUT2D eigenvalue weighted by Crippen LogP contribution is 2.18. The molecule has 2 aromatic rings. The van der Waals surface area contributed by atoms with E-state index in [1.54, 1.807) is 12.1 Å². The number of ether oxygens (including phenoxy) is 1. The summed E-state index contributed by atoms with van der Waals surface area (Å²) in [5.41, 5.74) is 2.54. The van der Waals surface area contributed by atoms with E-state index in [0.29, 0.717) is 18.8 Å². The van der Waals surface area contributed by atoms with Crippen molar-refractivity contribution < 1.29 is 24.0 Å². The number of carboxylic acids is 1. The number of carbonyl (C=O) groups excluding carboxylic acids is 1. The summed E-state index contributed by atoms with van der Waals surface area (Å²) in [6.45, 7) is 7.56. The molecule has 1 unspecified atom stereocenters. The van der Waals surface area contributed by atoms with Crippen LogP contribution in [0.4, 0.5) is 0 Å². The third kappa shape index (κ3) is 5.57. The van der Waals surface area contributed by atoms with Gasteiger partial charge in [-0.1, -0.05) is 24.2 Å². The maximum Gasteiger partial charge on any atom is 0.323 e. The predicted octanol–water partition coefficient (Wildman–Crippen LogP) is 3.12. The van der Waals surface area contributed by atoms with Crippen LogP contribution in [-0.2, 0) is 22.6 Å². The molecule has 0 aliphatic heterocycles. The number of aromatic nitrogens is 1. The van der Waals surface area contributed by atoms with Crippen molar-refractivity contribution in [1.82, 2.24) is 10.1 Å². The lowest BCUT2D eigenvalue weighted by atomic mass is 10.1. The fourth-order valence-corrected chi connectivity index (χ4v) is 2.70. The van der Waals surface area contributed by atoms with Gasteiger partial charge in [-0.25, -0.2) is 0 Å². The maximum absolute atomic E-state index is 12.5. The molecule has 146 valence electrons. The SMILES string of the molecule is CCC(C)N(CC(=O)O)C(=O)Cc1ccc(OCc2c(C)noc2C)cc1. The molecule has 2 rings (SSSR count). The molecule has 0 aliphatic carbocycles. The first-order valence-corrected chi connectivity index (χ1v) is 8.96. The van der Waals surface area contributed by atoms with E-state index in [2.05, 4.69) is 5.16 Å². The minimum Gasteiger partial charge on any atom is -0.489 e. The predicted molar refractivity (Wildman–Crippen MR) is 99.6 cm³/mol. The third-order valence-electron chi connectivity index (χ3n) is 4.59. The van der Waals surface area contributed by atoms with Crippen molar-refractivity contribution in [3.63, 3.8) is 0 Å². The van der Waals surface area contributed by atoms with Gasteiger partial charge < -0.3 is 19.3 Å². The van der Waals surface area contributed by atoms with Crippen LogP contribution < -0.4 is 4.74 Å². The number of aliphatic carboxylic acids is 1. The molecule has 0 saturated carbocycles. The van der Waals surface area contributed by atoms with E-state index < -0.39 is 5.97 Å². The molecule has 0 radical (unpaired) electrons. The van der Waals surface area contributed by atoms with Crippen LogP contribution in [0.3, 0.4) is 0 Å². The van der Waals surface area contributed by atoms with Crippen LogP contribution in [0.2, 0.25) is 0 Å². The van der Waals surface area contributed by atoms with Gasteiger partial charge in [-0.15, -0.1) is 0 Å². The Labute approximate surface area is 158 Å². The quantitative estimate of drug-likeness (QED) is 0.725. The molecule has 1 N–H and O–H groups in total. The van der Waals surface area contributed by atoms with Gasteiger partial charge >= 0.3 is 5.97 Å². The van der Waals surface area contributed by atoms with Crippen LogP contribution in [0.15, 0.2) is 28.8 Å². The van der Waals surface area contributed by atoms with Gasteiger partial charge in [0.1, 0.15) is 24.7 Å². The second kappa shape index (κ2) is 9.21. The molecule has 1 aromatic heterocycles. The zero-order valence-electron chi connectivity index (χ0n) is 16.2. The van der Waals surface area contributed by atoms with E-state index in [9.17, 15) is 9.59 Å². The molecule has 27 heavy (non-hydrogen) atoms. The Balaban J connectivity index is 1.97. The van der Waals surface area contributed by atoms with E-state index in [1.807, 2.05) is 39.8 Å². The molecule has 7 nitrogen and oxygen atoms in total. The van der Waals surface area contributed by atoms with Gasteiger partial charge in [-0.2, -0.15) is 0 Å². The molecular formula is C20H26N2O5. The number of nitrogens with zero attached hydrogens (tertiary/aromatic N) is 2. The Kier molecular flexibility index (Phi) is 6.98. The van der Waals surface area contributed by atoms with Crippen LogP contribution >= 0.6 is 0 Å². The Morgan fingerprint density at radius 1 is 1.26 bits per heavy atom. The van der Waals surface area contributed by atoms with Crippen molar-refractivity contribution in [2.45, 2.75) is 53.2 Å². The summed E-state index contributed by atoms with van der Waals surface area (Å²) in [5, 5.41) is 12.9. The van der Waals surface area contributed by atoms with Gasteiger partial charge in [0.15, 0.2) is 0 Å². The number of benzene rings is 1. The first-order valence-electron chi connectivity index (χ1n) is 8.96. The molecule has 0 bridgehead atoms. The standard InChI is InChI=1S/C20H26N2O5/c1-5-13(2)22(11-20(24)25)19(23)10-16-6-8-17(9-7-16)26-12-18-14(3)21-27-15(18)4/h6-9,13H,5,10-12H2,1-4H3,(H,24,25). The van der Waals surface area contributed by atoms with Crippen LogP contribution in [0.1, 0.15) is 42.8 Å². The first-order chi connectivity index (χ1) is 12.8. The second-order valence-electron chi connectivity index (χ2n) is 6.58. The van der Waals surface area contributed by atoms with Gasteiger partial charge in [-0.05, 0) is 44.9 Å². The van der Waals surface area contributed by atoms with E-state index in [4.69, 9.17) is 14.4 Å². The van der Waals surface area contributed by atoms with E-state index in [0.717, 1.165) is 22.6 Å². The Morgan fingerprint density at radius 3 is 2.44 bits per heavy atom. The van der Waals surface area contributed by atoms with Crippen molar-refractivity contribution >= 4 is 11.9 Å². The zero-order chi connectivity index (χ0) is 20.0. The molecule has 1 aromatic carbocycles. The summed E-state index contributed by atoms with van der Waals surface area (Å²) in [4.78, 5) is 24.9. The minimum atomic E-state index is -1.01. The van der Waals surface area contributed by atoms with Gasteiger partial charge in [0.2, 0.25) is 5.91 Å². The fraction of sp³-hybridized carbons (Fsp3) is 0.450. The molecule has 1 atom stereocenters. The van der Waals surface area contributed by atoms with Gasteiger partial charge in [0.05, 0.1) is 17.7 Å². The first kappa shape index (κ1) is 20.5. The smallest absolute Gasteiger partial charge is 0.323 e. The molecule has 0 aliphatic rings. The van der Waals surface area contributed by atoms with Crippen LogP contribution in [0.25, 0.3) is 0 Å². The molecule has 1 heterocycles. The Hall–Kier alpha value is -2.83. The van der Waals surface area contributed by atoms with Crippen LogP contribution in [0.5, 0.6) is 5.75 Å². The maximum atomic E-state index is 12.5. The lowest BCUT2D eigenvalue weighted by molar-refractivity contribution is -0.145. The minimum absolute atomic E-state index is 0.119. The second-order valence-corrected chi connectivity index (χ2v) is 6.58. The number of rotatable bonds is 9. The van der Waals surface area contributed by atoms with E-state index in [1.165, 1.54) is 4.90 Å². The topological polar surface area (TPSA) is 92.9 Å². The van der Waals surface area contributed by atoms with Gasteiger partial charge in [0.25, 0.3) is 0 Å². The summed E-state index contributed by atoms with van der Waals surface area (Å²) < 4.78 is 10.9. The number of hydrogen-bond acceptors (Lipinski definition) is 5. The molecule has 1 amide bonds. The van der Waals surface area contributed by atoms with Crippen LogP contribution in [0, 0.1) is 13.8 Å². The fourth-order valence-electron chi connectivity index (χ4n) is 2.70. The van der Waals surface area contributed by atoms with Crippen LogP contribution in [-0.4, -0.2) is 39.6 Å².